The highest BCUT2D eigenvalue weighted by Crippen LogP contribution is 2.47. The summed E-state index contributed by atoms with van der Waals surface area (Å²) in [6, 6.07) is 4.78. The van der Waals surface area contributed by atoms with Crippen LogP contribution in [0, 0.1) is 0 Å². The summed E-state index contributed by atoms with van der Waals surface area (Å²) in [6.07, 6.45) is 3.81. The van der Waals surface area contributed by atoms with Crippen LogP contribution < -0.4 is 20.1 Å². The fraction of sp³-hybridized carbons (Fsp3) is 0.467. The Bertz CT molecular complexity index is 596. The van der Waals surface area contributed by atoms with Crippen molar-refractivity contribution in [3.63, 3.8) is 0 Å². The number of hydrogen-bond acceptors (Lipinski definition) is 4. The van der Waals surface area contributed by atoms with E-state index < -0.39 is 17.8 Å². The van der Waals surface area contributed by atoms with Crippen LogP contribution in [0.3, 0.4) is 0 Å². The number of rotatable bonds is 4. The van der Waals surface area contributed by atoms with E-state index in [0.717, 1.165) is 25.7 Å². The molecule has 0 saturated heterocycles. The summed E-state index contributed by atoms with van der Waals surface area (Å²) in [4.78, 5) is 22.0. The van der Waals surface area contributed by atoms with Gasteiger partial charge in [0.05, 0.1) is 6.42 Å². The lowest BCUT2D eigenvalue weighted by atomic mass is 10.2. The third-order valence-electron chi connectivity index (χ3n) is 3.78. The van der Waals surface area contributed by atoms with Crippen molar-refractivity contribution >= 4 is 17.7 Å². The van der Waals surface area contributed by atoms with Gasteiger partial charge in [0.15, 0.2) is 11.5 Å². The van der Waals surface area contributed by atoms with Gasteiger partial charge >= 0.3 is 12.0 Å². The van der Waals surface area contributed by atoms with Crippen LogP contribution in [0.15, 0.2) is 18.2 Å². The van der Waals surface area contributed by atoms with Gasteiger partial charge in [0.1, 0.15) is 0 Å². The number of amides is 2. The fourth-order valence-electron chi connectivity index (χ4n) is 2.75. The molecule has 1 fully saturated rings. The third-order valence-corrected chi connectivity index (χ3v) is 3.78. The van der Waals surface area contributed by atoms with E-state index in [0.29, 0.717) is 17.2 Å². The van der Waals surface area contributed by atoms with Crippen LogP contribution in [0.25, 0.3) is 0 Å². The summed E-state index contributed by atoms with van der Waals surface area (Å²) < 4.78 is 11.8. The summed E-state index contributed by atoms with van der Waals surface area (Å²) in [5.74, 6) is -0.153. The Balaban J connectivity index is 1.58. The Morgan fingerprint density at radius 3 is 2.64 bits per heavy atom. The van der Waals surface area contributed by atoms with Crippen molar-refractivity contribution in [2.75, 3.05) is 11.9 Å². The average molecular weight is 306 g/mol. The number of carbonyl (C=O) groups excluding carboxylic acids is 1. The molecule has 2 aliphatic rings. The Hall–Kier alpha value is -2.44. The highest BCUT2D eigenvalue weighted by Gasteiger charge is 2.44. The zero-order valence-electron chi connectivity index (χ0n) is 12.1. The molecule has 0 radical (unpaired) electrons. The maximum Gasteiger partial charge on any atom is 0.319 e. The van der Waals surface area contributed by atoms with E-state index >= 15 is 0 Å². The lowest BCUT2D eigenvalue weighted by molar-refractivity contribution is -0.136. The van der Waals surface area contributed by atoms with Gasteiger partial charge in [-0.2, -0.15) is 0 Å². The molecule has 1 heterocycles. The minimum Gasteiger partial charge on any atom is -0.481 e. The van der Waals surface area contributed by atoms with Gasteiger partial charge in [-0.3, -0.25) is 4.79 Å². The first kappa shape index (κ1) is 14.5. The first-order valence-electron chi connectivity index (χ1n) is 7.35. The predicted octanol–water partition coefficient (Wildman–Crippen LogP) is 2.32. The van der Waals surface area contributed by atoms with Gasteiger partial charge in [-0.1, -0.05) is 0 Å². The second-order valence-corrected chi connectivity index (χ2v) is 5.51. The van der Waals surface area contributed by atoms with Gasteiger partial charge in [-0.25, -0.2) is 4.79 Å². The van der Waals surface area contributed by atoms with E-state index in [1.165, 1.54) is 0 Å². The van der Waals surface area contributed by atoms with Crippen LogP contribution >= 0.6 is 0 Å². The first-order valence-corrected chi connectivity index (χ1v) is 7.35. The highest BCUT2D eigenvalue weighted by atomic mass is 16.7. The fourth-order valence-corrected chi connectivity index (χ4v) is 2.75. The zero-order valence-corrected chi connectivity index (χ0v) is 12.1. The summed E-state index contributed by atoms with van der Waals surface area (Å²) in [7, 11) is 0. The van der Waals surface area contributed by atoms with E-state index in [-0.39, 0.29) is 13.0 Å². The number of nitrogens with one attached hydrogen (secondary N) is 2. The minimum atomic E-state index is -0.953. The molecule has 3 N–H and O–H groups in total. The quantitative estimate of drug-likeness (QED) is 0.793. The largest absolute Gasteiger partial charge is 0.481 e. The van der Waals surface area contributed by atoms with Crippen LogP contribution in [0.2, 0.25) is 0 Å². The van der Waals surface area contributed by atoms with Gasteiger partial charge < -0.3 is 25.2 Å². The molecule has 3 rings (SSSR count). The number of ether oxygens (including phenoxy) is 2. The van der Waals surface area contributed by atoms with Crippen molar-refractivity contribution in [1.82, 2.24) is 5.32 Å². The lowest BCUT2D eigenvalue weighted by Crippen LogP contribution is -2.34. The van der Waals surface area contributed by atoms with Crippen molar-refractivity contribution in [1.29, 1.82) is 0 Å². The Kier molecular flexibility index (Phi) is 3.79. The van der Waals surface area contributed by atoms with Crippen molar-refractivity contribution in [3.8, 4) is 11.5 Å². The number of anilines is 1. The molecule has 118 valence electrons. The number of carboxylic acid groups (broad SMARTS) is 1. The molecule has 1 spiro atoms. The van der Waals surface area contributed by atoms with E-state index in [4.69, 9.17) is 14.6 Å². The number of hydrogen-bond donors (Lipinski definition) is 3. The standard InChI is InChI=1S/C15H18N2O5/c18-13(19)5-8-16-14(20)17-10-3-4-11-12(9-10)22-15(21-11)6-1-2-7-15/h3-4,9H,1-2,5-8H2,(H,18,19)(H2,16,17,20). The number of aliphatic carboxylic acids is 1. The van der Waals surface area contributed by atoms with Crippen LogP contribution in [0.1, 0.15) is 32.1 Å². The van der Waals surface area contributed by atoms with Crippen molar-refractivity contribution in [2.45, 2.75) is 37.9 Å². The molecule has 0 bridgehead atoms. The molecule has 7 heteroatoms. The van der Waals surface area contributed by atoms with Gasteiger partial charge in [0.25, 0.3) is 5.79 Å². The van der Waals surface area contributed by atoms with Crippen LogP contribution in [-0.2, 0) is 4.79 Å². The molecule has 7 nitrogen and oxygen atoms in total. The Morgan fingerprint density at radius 1 is 1.18 bits per heavy atom. The molecule has 0 aromatic heterocycles. The second kappa shape index (κ2) is 5.75. The average Bonchev–Trinajstić information content (AvgIpc) is 3.04. The molecule has 1 aromatic carbocycles. The van der Waals surface area contributed by atoms with Gasteiger partial charge in [0, 0.05) is 31.1 Å². The topological polar surface area (TPSA) is 96.9 Å². The molecule has 1 aliphatic carbocycles. The molecule has 1 aromatic rings. The van der Waals surface area contributed by atoms with Crippen molar-refractivity contribution < 1.29 is 24.2 Å². The number of carbonyl (C=O) groups is 2. The van der Waals surface area contributed by atoms with Gasteiger partial charge in [0.2, 0.25) is 0 Å². The highest BCUT2D eigenvalue weighted by molar-refractivity contribution is 5.89. The Morgan fingerprint density at radius 2 is 1.91 bits per heavy atom. The zero-order chi connectivity index (χ0) is 15.6. The second-order valence-electron chi connectivity index (χ2n) is 5.51. The van der Waals surface area contributed by atoms with Crippen molar-refractivity contribution in [2.24, 2.45) is 0 Å². The number of carboxylic acids is 1. The number of urea groups is 1. The summed E-state index contributed by atoms with van der Waals surface area (Å²) >= 11 is 0. The monoisotopic (exact) mass is 306 g/mol. The SMILES string of the molecule is O=C(O)CCNC(=O)Nc1ccc2c(c1)OC1(CCCC1)O2. The minimum absolute atomic E-state index is 0.0782. The van der Waals surface area contributed by atoms with E-state index in [1.54, 1.807) is 18.2 Å². The maximum atomic E-state index is 11.7. The molecule has 2 amide bonds. The van der Waals surface area contributed by atoms with Crippen LogP contribution in [0.4, 0.5) is 10.5 Å². The van der Waals surface area contributed by atoms with Gasteiger partial charge in [-0.15, -0.1) is 0 Å². The first-order chi connectivity index (χ1) is 10.6. The van der Waals surface area contributed by atoms with E-state index in [2.05, 4.69) is 10.6 Å². The molecular weight excluding hydrogens is 288 g/mol. The molecule has 1 saturated carbocycles. The summed E-state index contributed by atoms with van der Waals surface area (Å²) in [6.45, 7) is 0.0782. The summed E-state index contributed by atoms with van der Waals surface area (Å²) in [5, 5.41) is 13.6. The Labute approximate surface area is 127 Å². The van der Waals surface area contributed by atoms with Gasteiger partial charge in [-0.05, 0) is 25.0 Å². The molecule has 22 heavy (non-hydrogen) atoms. The predicted molar refractivity (Wildman–Crippen MR) is 78.2 cm³/mol. The number of benzene rings is 1. The third kappa shape index (κ3) is 3.08. The smallest absolute Gasteiger partial charge is 0.319 e. The maximum absolute atomic E-state index is 11.7. The molecule has 1 aliphatic heterocycles. The van der Waals surface area contributed by atoms with E-state index in [1.807, 2.05) is 0 Å². The molecule has 0 atom stereocenters. The lowest BCUT2D eigenvalue weighted by Gasteiger charge is -2.21. The van der Waals surface area contributed by atoms with E-state index in [9.17, 15) is 9.59 Å². The molecule has 0 unspecified atom stereocenters. The van der Waals surface area contributed by atoms with Crippen LogP contribution in [-0.4, -0.2) is 29.4 Å². The normalized spacial score (nSPS) is 17.5. The summed E-state index contributed by atoms with van der Waals surface area (Å²) in [5.41, 5.74) is 0.574. The van der Waals surface area contributed by atoms with Crippen LogP contribution in [0.5, 0.6) is 11.5 Å². The molecular formula is C15H18N2O5. The van der Waals surface area contributed by atoms with Crippen molar-refractivity contribution in [3.05, 3.63) is 18.2 Å². The number of fused-ring (bicyclic) bond motifs is 1.